The van der Waals surface area contributed by atoms with E-state index < -0.39 is 12.5 Å². The number of amidine groups is 1. The Kier molecular flexibility index (Phi) is 2.47. The Labute approximate surface area is 92.1 Å². The second-order valence-corrected chi connectivity index (χ2v) is 3.59. The number of carbonyl (C=O) groups is 2. The standard InChI is InChI=1S/C10H11N3O3/c1-7-3-2-4-12-5-8(14)13(6-9(15)16)11-10(7)12/h2-4H,5-6H2,1H3,(H,15,16). The van der Waals surface area contributed by atoms with Crippen LogP contribution in [0.5, 0.6) is 0 Å². The maximum absolute atomic E-state index is 11.6. The number of hydrogen-bond donors (Lipinski definition) is 1. The maximum atomic E-state index is 11.6. The van der Waals surface area contributed by atoms with Crippen LogP contribution in [0.4, 0.5) is 0 Å². The number of nitrogens with zero attached hydrogens (tertiary/aromatic N) is 3. The largest absolute Gasteiger partial charge is 0.480 e. The lowest BCUT2D eigenvalue weighted by Gasteiger charge is -2.32. The summed E-state index contributed by atoms with van der Waals surface area (Å²) in [6.45, 7) is 1.60. The van der Waals surface area contributed by atoms with Crippen molar-refractivity contribution in [2.24, 2.45) is 5.10 Å². The molecule has 0 radical (unpaired) electrons. The van der Waals surface area contributed by atoms with Crippen LogP contribution in [0.15, 0.2) is 29.0 Å². The fourth-order valence-electron chi connectivity index (χ4n) is 1.58. The molecule has 2 aliphatic rings. The van der Waals surface area contributed by atoms with Crippen LogP contribution in [0, 0.1) is 0 Å². The van der Waals surface area contributed by atoms with Crippen LogP contribution in [-0.4, -0.2) is 45.8 Å². The highest BCUT2D eigenvalue weighted by molar-refractivity contribution is 6.04. The number of aliphatic carboxylic acids is 1. The highest BCUT2D eigenvalue weighted by atomic mass is 16.4. The summed E-state index contributed by atoms with van der Waals surface area (Å²) >= 11 is 0. The first-order chi connectivity index (χ1) is 7.58. The number of fused-ring (bicyclic) bond motifs is 1. The molecule has 1 N–H and O–H groups in total. The molecule has 6 nitrogen and oxygen atoms in total. The van der Waals surface area contributed by atoms with Crippen LogP contribution in [-0.2, 0) is 9.59 Å². The van der Waals surface area contributed by atoms with E-state index in [1.54, 1.807) is 11.1 Å². The van der Waals surface area contributed by atoms with Gasteiger partial charge in [0.15, 0.2) is 5.84 Å². The Balaban J connectivity index is 2.28. The molecule has 0 aromatic carbocycles. The van der Waals surface area contributed by atoms with Gasteiger partial charge in [-0.05, 0) is 18.6 Å². The lowest BCUT2D eigenvalue weighted by Crippen LogP contribution is -2.47. The summed E-state index contributed by atoms with van der Waals surface area (Å²) in [5.74, 6) is -0.756. The van der Waals surface area contributed by atoms with E-state index in [2.05, 4.69) is 5.10 Å². The van der Waals surface area contributed by atoms with Crippen LogP contribution in [0.3, 0.4) is 0 Å². The maximum Gasteiger partial charge on any atom is 0.325 e. The molecule has 0 aromatic heterocycles. The number of carboxylic acid groups (broad SMARTS) is 1. The van der Waals surface area contributed by atoms with Crippen molar-refractivity contribution < 1.29 is 14.7 Å². The lowest BCUT2D eigenvalue weighted by molar-refractivity contribution is -0.145. The van der Waals surface area contributed by atoms with Crippen LogP contribution in [0.1, 0.15) is 6.92 Å². The van der Waals surface area contributed by atoms with E-state index in [9.17, 15) is 9.59 Å². The molecule has 0 fully saturated rings. The van der Waals surface area contributed by atoms with Gasteiger partial charge in [-0.15, -0.1) is 0 Å². The first-order valence-corrected chi connectivity index (χ1v) is 4.81. The topological polar surface area (TPSA) is 73.2 Å². The summed E-state index contributed by atoms with van der Waals surface area (Å²) < 4.78 is 0. The second-order valence-electron chi connectivity index (χ2n) is 3.59. The molecule has 0 aromatic rings. The highest BCUT2D eigenvalue weighted by Crippen LogP contribution is 2.15. The number of carboxylic acids is 1. The first-order valence-electron chi connectivity index (χ1n) is 4.81. The van der Waals surface area contributed by atoms with Gasteiger partial charge in [-0.25, -0.2) is 5.01 Å². The quantitative estimate of drug-likeness (QED) is 0.712. The zero-order valence-electron chi connectivity index (χ0n) is 8.75. The van der Waals surface area contributed by atoms with Crippen molar-refractivity contribution in [1.29, 1.82) is 0 Å². The monoisotopic (exact) mass is 221 g/mol. The Morgan fingerprint density at radius 3 is 3.06 bits per heavy atom. The average molecular weight is 221 g/mol. The molecular weight excluding hydrogens is 210 g/mol. The van der Waals surface area contributed by atoms with Gasteiger partial charge in [0.2, 0.25) is 0 Å². The van der Waals surface area contributed by atoms with E-state index in [-0.39, 0.29) is 12.5 Å². The van der Waals surface area contributed by atoms with Crippen LogP contribution in [0.25, 0.3) is 0 Å². The molecule has 0 saturated heterocycles. The summed E-state index contributed by atoms with van der Waals surface area (Å²) in [6.07, 6.45) is 5.44. The predicted octanol–water partition coefficient (Wildman–Crippen LogP) is 0.00230. The predicted molar refractivity (Wildman–Crippen MR) is 56.4 cm³/mol. The van der Waals surface area contributed by atoms with Crippen LogP contribution in [0.2, 0.25) is 0 Å². The van der Waals surface area contributed by atoms with E-state index in [1.165, 1.54) is 0 Å². The third-order valence-corrected chi connectivity index (χ3v) is 2.33. The Morgan fingerprint density at radius 1 is 1.62 bits per heavy atom. The van der Waals surface area contributed by atoms with Crippen molar-refractivity contribution in [3.63, 3.8) is 0 Å². The van der Waals surface area contributed by atoms with Crippen molar-refractivity contribution >= 4 is 17.7 Å². The summed E-state index contributed by atoms with van der Waals surface area (Å²) in [7, 11) is 0. The van der Waals surface area contributed by atoms with Gasteiger partial charge in [0.1, 0.15) is 13.1 Å². The third kappa shape index (κ3) is 1.81. The minimum Gasteiger partial charge on any atom is -0.480 e. The van der Waals surface area contributed by atoms with Crippen molar-refractivity contribution in [1.82, 2.24) is 9.91 Å². The Hall–Kier alpha value is -2.11. The molecule has 0 aliphatic carbocycles. The van der Waals surface area contributed by atoms with Gasteiger partial charge in [-0.2, -0.15) is 5.10 Å². The first kappa shape index (κ1) is 10.4. The molecule has 2 heterocycles. The Bertz CT molecular complexity index is 437. The molecule has 84 valence electrons. The van der Waals surface area contributed by atoms with Gasteiger partial charge in [-0.1, -0.05) is 6.08 Å². The molecule has 0 spiro atoms. The third-order valence-electron chi connectivity index (χ3n) is 2.33. The second kappa shape index (κ2) is 3.80. The van der Waals surface area contributed by atoms with Gasteiger partial charge >= 0.3 is 5.97 Å². The number of amides is 1. The zero-order chi connectivity index (χ0) is 11.7. The highest BCUT2D eigenvalue weighted by Gasteiger charge is 2.28. The molecule has 0 saturated carbocycles. The molecule has 1 amide bonds. The number of hydrogen-bond acceptors (Lipinski definition) is 4. The molecule has 0 atom stereocenters. The van der Waals surface area contributed by atoms with Gasteiger partial charge in [0, 0.05) is 6.20 Å². The van der Waals surface area contributed by atoms with Gasteiger partial charge in [0.25, 0.3) is 5.91 Å². The number of allylic oxidation sites excluding steroid dienone is 2. The van der Waals surface area contributed by atoms with Gasteiger partial charge < -0.3 is 10.0 Å². The average Bonchev–Trinajstić information content (AvgIpc) is 2.20. The molecule has 2 rings (SSSR count). The van der Waals surface area contributed by atoms with Gasteiger partial charge in [0.05, 0.1) is 0 Å². The summed E-state index contributed by atoms with van der Waals surface area (Å²) in [6, 6.07) is 0. The number of rotatable bonds is 2. The van der Waals surface area contributed by atoms with E-state index >= 15 is 0 Å². The number of carbonyl (C=O) groups excluding carboxylic acids is 1. The van der Waals surface area contributed by atoms with Gasteiger partial charge in [-0.3, -0.25) is 9.59 Å². The van der Waals surface area contributed by atoms with Crippen molar-refractivity contribution in [2.45, 2.75) is 6.92 Å². The molecule has 6 heteroatoms. The van der Waals surface area contributed by atoms with Crippen LogP contribution >= 0.6 is 0 Å². The summed E-state index contributed by atoms with van der Waals surface area (Å²) in [5.41, 5.74) is 0.908. The molecule has 2 aliphatic heterocycles. The number of hydrazone groups is 1. The molecular formula is C10H11N3O3. The summed E-state index contributed by atoms with van der Waals surface area (Å²) in [4.78, 5) is 23.8. The van der Waals surface area contributed by atoms with E-state index in [1.807, 2.05) is 19.1 Å². The smallest absolute Gasteiger partial charge is 0.325 e. The minimum absolute atomic E-state index is 0.133. The van der Waals surface area contributed by atoms with E-state index in [4.69, 9.17) is 5.11 Å². The van der Waals surface area contributed by atoms with Crippen molar-refractivity contribution in [2.75, 3.05) is 13.1 Å². The SMILES string of the molecule is CC1=CC=CN2CC(=O)N(CC(=O)O)N=C12. The molecule has 0 unspecified atom stereocenters. The Morgan fingerprint density at radius 2 is 2.38 bits per heavy atom. The fraction of sp³-hybridized carbons (Fsp3) is 0.300. The lowest BCUT2D eigenvalue weighted by atomic mass is 10.2. The molecule has 0 bridgehead atoms. The molecule has 16 heavy (non-hydrogen) atoms. The normalized spacial score (nSPS) is 19.2. The minimum atomic E-state index is -1.07. The van der Waals surface area contributed by atoms with E-state index in [0.717, 1.165) is 10.6 Å². The zero-order valence-corrected chi connectivity index (χ0v) is 8.75. The van der Waals surface area contributed by atoms with Crippen molar-refractivity contribution in [3.8, 4) is 0 Å². The fourth-order valence-corrected chi connectivity index (χ4v) is 1.58. The van der Waals surface area contributed by atoms with E-state index in [0.29, 0.717) is 5.84 Å². The summed E-state index contributed by atoms with van der Waals surface area (Å²) in [5, 5.41) is 13.7. The van der Waals surface area contributed by atoms with Crippen molar-refractivity contribution in [3.05, 3.63) is 23.9 Å². The van der Waals surface area contributed by atoms with Crippen LogP contribution < -0.4 is 0 Å².